The number of hydrogen-bond acceptors (Lipinski definition) is 7. The van der Waals surface area contributed by atoms with E-state index in [1.165, 1.54) is 18.2 Å². The molecule has 0 aliphatic carbocycles. The van der Waals surface area contributed by atoms with Gasteiger partial charge in [0.15, 0.2) is 0 Å². The molecule has 0 unspecified atom stereocenters. The molecule has 1 N–H and O–H groups in total. The maximum absolute atomic E-state index is 13.8. The molecule has 2 aliphatic rings. The highest BCUT2D eigenvalue weighted by Gasteiger charge is 2.38. The summed E-state index contributed by atoms with van der Waals surface area (Å²) in [5.74, 6) is -3.08. The molecule has 244 valence electrons. The topological polar surface area (TPSA) is 130 Å². The van der Waals surface area contributed by atoms with Crippen LogP contribution in [0.15, 0.2) is 127 Å². The van der Waals surface area contributed by atoms with Crippen LogP contribution in [-0.4, -0.2) is 38.8 Å². The standard InChI is InChI=1S/C41H24N4O6/c46-38-32-14-10-26(37-16-12-24-6-2-4-8-35(24)43-37)20-33(32)39(47)44(38)29-18-27(41(49)50)19-30(21-29)45-40(48)31-13-9-25(17-28(31)22-51-45)36-15-11-23-5-1-3-7-34(23)42-36/h1-21H,22H2,(H,49,50). The summed E-state index contributed by atoms with van der Waals surface area (Å²) in [7, 11) is 0. The van der Waals surface area contributed by atoms with Crippen LogP contribution in [0.5, 0.6) is 0 Å². The number of carboxylic acids is 1. The lowest BCUT2D eigenvalue weighted by atomic mass is 10.00. The third-order valence-electron chi connectivity index (χ3n) is 9.19. The number of para-hydroxylation sites is 2. The summed E-state index contributed by atoms with van der Waals surface area (Å²) >= 11 is 0. The molecular weight excluding hydrogens is 644 g/mol. The van der Waals surface area contributed by atoms with E-state index in [1.54, 1.807) is 30.3 Å². The Morgan fingerprint density at radius 1 is 0.588 bits per heavy atom. The Morgan fingerprint density at radius 3 is 1.84 bits per heavy atom. The largest absolute Gasteiger partial charge is 0.478 e. The zero-order valence-corrected chi connectivity index (χ0v) is 26.6. The maximum atomic E-state index is 13.8. The van der Waals surface area contributed by atoms with Gasteiger partial charge in [0.1, 0.15) is 6.61 Å². The summed E-state index contributed by atoms with van der Waals surface area (Å²) in [5.41, 5.74) is 5.60. The van der Waals surface area contributed by atoms with Crippen molar-refractivity contribution in [2.24, 2.45) is 0 Å². The lowest BCUT2D eigenvalue weighted by Gasteiger charge is -2.29. The van der Waals surface area contributed by atoms with Crippen molar-refractivity contribution in [1.29, 1.82) is 0 Å². The summed E-state index contributed by atoms with van der Waals surface area (Å²) in [6.07, 6.45) is 0. The average molecular weight is 669 g/mol. The number of nitrogens with zero attached hydrogens (tertiary/aromatic N) is 4. The van der Waals surface area contributed by atoms with E-state index in [9.17, 15) is 24.3 Å². The molecule has 4 heterocycles. The smallest absolute Gasteiger partial charge is 0.335 e. The third-order valence-corrected chi connectivity index (χ3v) is 9.19. The third kappa shape index (κ3) is 5.01. The van der Waals surface area contributed by atoms with Gasteiger partial charge in [-0.3, -0.25) is 19.2 Å². The Balaban J connectivity index is 1.03. The van der Waals surface area contributed by atoms with E-state index in [0.717, 1.165) is 43.0 Å². The normalized spacial score (nSPS) is 13.9. The Hall–Kier alpha value is -7.04. The van der Waals surface area contributed by atoms with Crippen molar-refractivity contribution in [3.05, 3.63) is 155 Å². The summed E-state index contributed by atoms with van der Waals surface area (Å²) in [6, 6.07) is 37.3. The first kappa shape index (κ1) is 30.1. The van der Waals surface area contributed by atoms with Gasteiger partial charge in [0.05, 0.1) is 50.5 Å². The summed E-state index contributed by atoms with van der Waals surface area (Å²) < 4.78 is 0. The van der Waals surface area contributed by atoms with Crippen molar-refractivity contribution in [3.63, 3.8) is 0 Å². The molecule has 10 nitrogen and oxygen atoms in total. The van der Waals surface area contributed by atoms with Gasteiger partial charge in [-0.2, -0.15) is 5.06 Å². The number of carbonyl (C=O) groups excluding carboxylic acids is 3. The number of imide groups is 1. The van der Waals surface area contributed by atoms with Crippen LogP contribution < -0.4 is 9.96 Å². The second-order valence-electron chi connectivity index (χ2n) is 12.3. The number of aromatic carboxylic acids is 1. The number of pyridine rings is 2. The minimum atomic E-state index is -1.31. The van der Waals surface area contributed by atoms with E-state index in [-0.39, 0.29) is 34.7 Å². The van der Waals surface area contributed by atoms with Gasteiger partial charge in [0, 0.05) is 27.5 Å². The monoisotopic (exact) mass is 668 g/mol. The van der Waals surface area contributed by atoms with Crippen molar-refractivity contribution < 1.29 is 29.1 Å². The number of hydrogen-bond donors (Lipinski definition) is 1. The van der Waals surface area contributed by atoms with Gasteiger partial charge in [-0.15, -0.1) is 0 Å². The minimum Gasteiger partial charge on any atom is -0.478 e. The van der Waals surface area contributed by atoms with Crippen LogP contribution in [0.1, 0.15) is 47.0 Å². The maximum Gasteiger partial charge on any atom is 0.335 e. The van der Waals surface area contributed by atoms with Crippen molar-refractivity contribution in [3.8, 4) is 22.5 Å². The highest BCUT2D eigenvalue weighted by molar-refractivity contribution is 6.35. The number of aromatic nitrogens is 2. The molecule has 2 aliphatic heterocycles. The molecule has 0 bridgehead atoms. The second kappa shape index (κ2) is 11.5. The second-order valence-corrected chi connectivity index (χ2v) is 12.3. The Kier molecular flexibility index (Phi) is 6.80. The van der Waals surface area contributed by atoms with Crippen molar-refractivity contribution in [2.75, 3.05) is 9.96 Å². The van der Waals surface area contributed by atoms with Crippen LogP contribution >= 0.6 is 0 Å². The van der Waals surface area contributed by atoms with Crippen LogP contribution in [0.25, 0.3) is 44.3 Å². The minimum absolute atomic E-state index is 0.00767. The first-order valence-electron chi connectivity index (χ1n) is 16.1. The molecule has 5 aromatic carbocycles. The van der Waals surface area contributed by atoms with Gasteiger partial charge >= 0.3 is 5.97 Å². The number of anilines is 2. The van der Waals surface area contributed by atoms with Crippen molar-refractivity contribution in [2.45, 2.75) is 6.61 Å². The van der Waals surface area contributed by atoms with E-state index >= 15 is 0 Å². The molecule has 10 heteroatoms. The number of carbonyl (C=O) groups is 4. The van der Waals surface area contributed by atoms with Crippen LogP contribution in [-0.2, 0) is 11.4 Å². The number of amides is 3. The number of hydroxylamine groups is 1. The molecule has 0 fully saturated rings. The Bertz CT molecular complexity index is 2670. The highest BCUT2D eigenvalue weighted by atomic mass is 16.7. The lowest BCUT2D eigenvalue weighted by molar-refractivity contribution is 0.0529. The molecule has 2 aromatic heterocycles. The van der Waals surface area contributed by atoms with Crippen LogP contribution in [0.4, 0.5) is 11.4 Å². The van der Waals surface area contributed by atoms with Gasteiger partial charge < -0.3 is 5.11 Å². The van der Waals surface area contributed by atoms with Crippen LogP contribution in [0.3, 0.4) is 0 Å². The predicted octanol–water partition coefficient (Wildman–Crippen LogP) is 7.71. The summed E-state index contributed by atoms with van der Waals surface area (Å²) in [5, 5.41) is 13.0. The van der Waals surface area contributed by atoms with E-state index in [2.05, 4.69) is 0 Å². The molecule has 0 saturated heterocycles. The van der Waals surface area contributed by atoms with E-state index in [4.69, 9.17) is 14.8 Å². The molecule has 0 spiro atoms. The quantitative estimate of drug-likeness (QED) is 0.185. The Labute approximate surface area is 289 Å². The summed E-state index contributed by atoms with van der Waals surface area (Å²) in [6.45, 7) is 0.00767. The van der Waals surface area contributed by atoms with Crippen LogP contribution in [0, 0.1) is 0 Å². The molecule has 51 heavy (non-hydrogen) atoms. The first-order chi connectivity index (χ1) is 24.8. The lowest BCUT2D eigenvalue weighted by Crippen LogP contribution is -2.36. The molecule has 7 aromatic rings. The molecule has 9 rings (SSSR count). The fraction of sp³-hybridized carbons (Fsp3) is 0.0244. The summed E-state index contributed by atoms with van der Waals surface area (Å²) in [4.78, 5) is 69.9. The number of carboxylic acid groups (broad SMARTS) is 1. The van der Waals surface area contributed by atoms with Crippen LogP contribution in [0.2, 0.25) is 0 Å². The molecular formula is C41H24N4O6. The van der Waals surface area contributed by atoms with E-state index in [1.807, 2.05) is 78.9 Å². The van der Waals surface area contributed by atoms with E-state index < -0.39 is 23.7 Å². The van der Waals surface area contributed by atoms with Crippen molar-refractivity contribution in [1.82, 2.24) is 9.97 Å². The highest BCUT2D eigenvalue weighted by Crippen LogP contribution is 2.36. The van der Waals surface area contributed by atoms with Gasteiger partial charge in [-0.05, 0) is 72.3 Å². The zero-order valence-electron chi connectivity index (χ0n) is 26.6. The van der Waals surface area contributed by atoms with Gasteiger partial charge in [-0.1, -0.05) is 60.7 Å². The fourth-order valence-electron chi connectivity index (χ4n) is 6.63. The number of rotatable bonds is 5. The molecule has 3 amide bonds. The molecule has 0 radical (unpaired) electrons. The predicted molar refractivity (Wildman–Crippen MR) is 190 cm³/mol. The number of fused-ring (bicyclic) bond motifs is 4. The van der Waals surface area contributed by atoms with E-state index in [0.29, 0.717) is 22.4 Å². The zero-order chi connectivity index (χ0) is 34.8. The SMILES string of the molecule is O=C(O)c1cc(N2OCc3cc(-c4ccc5ccccc5n4)ccc3C2=O)cc(N2C(=O)c3ccc(-c4ccc5ccccc5n4)cc3C2=O)c1. The average Bonchev–Trinajstić information content (AvgIpc) is 3.42. The van der Waals surface area contributed by atoms with Crippen molar-refractivity contribution >= 4 is 56.9 Å². The van der Waals surface area contributed by atoms with Gasteiger partial charge in [0.2, 0.25) is 0 Å². The molecule has 0 saturated carbocycles. The van der Waals surface area contributed by atoms with Gasteiger partial charge in [-0.25, -0.2) is 19.7 Å². The number of benzene rings is 5. The Morgan fingerprint density at radius 2 is 1.18 bits per heavy atom. The van der Waals surface area contributed by atoms with Gasteiger partial charge in [0.25, 0.3) is 17.7 Å². The molecule has 0 atom stereocenters. The fourth-order valence-corrected chi connectivity index (χ4v) is 6.63. The first-order valence-corrected chi connectivity index (χ1v) is 16.1.